The van der Waals surface area contributed by atoms with E-state index in [-0.39, 0.29) is 42.0 Å². The van der Waals surface area contributed by atoms with Gasteiger partial charge in [-0.15, -0.1) is 24.8 Å². The zero-order valence-corrected chi connectivity index (χ0v) is 25.6. The molecule has 3 aromatic rings. The highest BCUT2D eigenvalue weighted by Crippen LogP contribution is 2.28. The number of aromatic nitrogens is 2. The van der Waals surface area contributed by atoms with E-state index < -0.39 is 0 Å². The minimum absolute atomic E-state index is 0. The van der Waals surface area contributed by atoms with Crippen LogP contribution >= 0.6 is 24.8 Å². The summed E-state index contributed by atoms with van der Waals surface area (Å²) in [6.45, 7) is 7.16. The van der Waals surface area contributed by atoms with Crippen LogP contribution in [-0.4, -0.2) is 66.4 Å². The third kappa shape index (κ3) is 8.74. The molecule has 2 heterocycles. The highest BCUT2D eigenvalue weighted by Gasteiger charge is 2.20. The van der Waals surface area contributed by atoms with Gasteiger partial charge in [0.2, 0.25) is 0 Å². The van der Waals surface area contributed by atoms with E-state index in [1.54, 1.807) is 17.7 Å². The van der Waals surface area contributed by atoms with Crippen molar-refractivity contribution in [2.24, 2.45) is 0 Å². The molecule has 0 radical (unpaired) electrons. The molecule has 1 aliphatic rings. The second kappa shape index (κ2) is 17.1. The quantitative estimate of drug-likeness (QED) is 0.211. The second-order valence-corrected chi connectivity index (χ2v) is 9.88. The molecule has 1 aromatic heterocycles. The molecule has 0 atom stereocenters. The lowest BCUT2D eigenvalue weighted by Gasteiger charge is -2.36. The number of nitrogens with zero attached hydrogens (tertiary/aromatic N) is 4. The summed E-state index contributed by atoms with van der Waals surface area (Å²) in [7, 11) is 1.69. The zero-order valence-electron chi connectivity index (χ0n) is 24.0. The number of hydrogen-bond acceptors (Lipinski definition) is 7. The number of carbonyl (C=O) groups is 1. The Labute approximate surface area is 253 Å². The first-order valence-corrected chi connectivity index (χ1v) is 14.0. The van der Waals surface area contributed by atoms with Crippen LogP contribution in [0.3, 0.4) is 0 Å². The van der Waals surface area contributed by atoms with Crippen molar-refractivity contribution in [3.8, 4) is 5.75 Å². The second-order valence-electron chi connectivity index (χ2n) is 9.88. The standard InChI is InChI=1S/C30H40N4O5.2ClH/c1-3-39-28(35)16-6-4-5-11-17-33-25-13-8-7-12-24(25)29(36)34(30(33)37)23-20-31-18-21-32(22-19-31)26-14-9-10-15-27(26)38-2;;/h7-10,12-15H,3-6,11,16-23H2,1-2H3;2*1H. The van der Waals surface area contributed by atoms with Crippen LogP contribution in [0.4, 0.5) is 5.69 Å². The first kappa shape index (κ1) is 34.2. The predicted molar refractivity (Wildman–Crippen MR) is 168 cm³/mol. The maximum Gasteiger partial charge on any atom is 0.331 e. The molecule has 4 rings (SSSR count). The van der Waals surface area contributed by atoms with E-state index in [1.165, 1.54) is 4.57 Å². The Hall–Kier alpha value is -3.01. The lowest BCUT2D eigenvalue weighted by molar-refractivity contribution is -0.143. The van der Waals surface area contributed by atoms with Crippen LogP contribution in [0, 0.1) is 0 Å². The number of aryl methyl sites for hydroxylation is 1. The number of halogens is 2. The normalized spacial score (nSPS) is 13.4. The molecule has 0 saturated carbocycles. The van der Waals surface area contributed by atoms with Gasteiger partial charge >= 0.3 is 11.7 Å². The number of esters is 1. The van der Waals surface area contributed by atoms with Gasteiger partial charge in [-0.1, -0.05) is 37.1 Å². The number of fused-ring (bicyclic) bond motifs is 1. The Bertz CT molecular complexity index is 1370. The van der Waals surface area contributed by atoms with Gasteiger partial charge < -0.3 is 14.4 Å². The number of carbonyl (C=O) groups excluding carboxylic acids is 1. The molecule has 1 fully saturated rings. The average Bonchev–Trinajstić information content (AvgIpc) is 2.96. The molecular formula is C30H42Cl2N4O5. The van der Waals surface area contributed by atoms with E-state index in [4.69, 9.17) is 9.47 Å². The van der Waals surface area contributed by atoms with E-state index >= 15 is 0 Å². The van der Waals surface area contributed by atoms with Crippen LogP contribution in [-0.2, 0) is 22.6 Å². The molecule has 1 saturated heterocycles. The van der Waals surface area contributed by atoms with Gasteiger partial charge in [-0.05, 0) is 44.0 Å². The first-order chi connectivity index (χ1) is 19.0. The lowest BCUT2D eigenvalue weighted by Crippen LogP contribution is -2.49. The van der Waals surface area contributed by atoms with Crippen molar-refractivity contribution >= 4 is 47.4 Å². The van der Waals surface area contributed by atoms with Crippen molar-refractivity contribution in [3.63, 3.8) is 0 Å². The number of unbranched alkanes of at least 4 members (excludes halogenated alkanes) is 3. The fourth-order valence-corrected chi connectivity index (χ4v) is 5.25. The Morgan fingerprint density at radius 3 is 2.22 bits per heavy atom. The third-order valence-corrected chi connectivity index (χ3v) is 7.39. The number of ether oxygens (including phenoxy) is 2. The molecule has 41 heavy (non-hydrogen) atoms. The summed E-state index contributed by atoms with van der Waals surface area (Å²) in [5.41, 5.74) is 1.29. The Morgan fingerprint density at radius 2 is 1.49 bits per heavy atom. The summed E-state index contributed by atoms with van der Waals surface area (Å²) in [5.74, 6) is 0.709. The van der Waals surface area contributed by atoms with E-state index in [1.807, 2.05) is 43.3 Å². The molecule has 0 N–H and O–H groups in total. The summed E-state index contributed by atoms with van der Waals surface area (Å²) >= 11 is 0. The fraction of sp³-hybridized carbons (Fsp3) is 0.500. The molecule has 0 aliphatic carbocycles. The molecule has 0 spiro atoms. The SMILES string of the molecule is CCOC(=O)CCCCCCn1c(=O)n(CCN2CCN(c3ccccc3OC)CC2)c(=O)c2ccccc21.Cl.Cl. The maximum atomic E-state index is 13.5. The van der Waals surface area contributed by atoms with Gasteiger partial charge in [-0.3, -0.25) is 23.6 Å². The van der Waals surface area contributed by atoms with Gasteiger partial charge in [0, 0.05) is 52.2 Å². The van der Waals surface area contributed by atoms with Gasteiger partial charge in [0.25, 0.3) is 5.56 Å². The maximum absolute atomic E-state index is 13.5. The van der Waals surface area contributed by atoms with Crippen molar-refractivity contribution in [3.05, 3.63) is 69.4 Å². The largest absolute Gasteiger partial charge is 0.495 e. The van der Waals surface area contributed by atoms with E-state index in [2.05, 4.69) is 15.9 Å². The van der Waals surface area contributed by atoms with Crippen molar-refractivity contribution in [1.82, 2.24) is 14.0 Å². The summed E-state index contributed by atoms with van der Waals surface area (Å²) in [6, 6.07) is 15.4. The Morgan fingerprint density at radius 1 is 0.805 bits per heavy atom. The zero-order chi connectivity index (χ0) is 27.6. The molecule has 9 nitrogen and oxygen atoms in total. The summed E-state index contributed by atoms with van der Waals surface area (Å²) in [5, 5.41) is 0.570. The average molecular weight is 610 g/mol. The molecule has 1 aliphatic heterocycles. The molecule has 0 bridgehead atoms. The van der Waals surface area contributed by atoms with E-state index in [9.17, 15) is 14.4 Å². The number of anilines is 1. The Balaban J connectivity index is 0.00000294. The smallest absolute Gasteiger partial charge is 0.331 e. The third-order valence-electron chi connectivity index (χ3n) is 7.39. The van der Waals surface area contributed by atoms with Crippen molar-refractivity contribution < 1.29 is 14.3 Å². The van der Waals surface area contributed by atoms with Gasteiger partial charge in [-0.2, -0.15) is 0 Å². The topological polar surface area (TPSA) is 86.0 Å². The van der Waals surface area contributed by atoms with Crippen molar-refractivity contribution in [2.45, 2.75) is 52.1 Å². The lowest BCUT2D eigenvalue weighted by atomic mass is 10.1. The van der Waals surface area contributed by atoms with Crippen LogP contribution in [0.15, 0.2) is 58.1 Å². The molecular weight excluding hydrogens is 567 g/mol. The number of benzene rings is 2. The predicted octanol–water partition coefficient (Wildman–Crippen LogP) is 4.35. The number of rotatable bonds is 13. The van der Waals surface area contributed by atoms with Crippen LogP contribution in [0.1, 0.15) is 39.0 Å². The number of para-hydroxylation sites is 3. The molecule has 0 unspecified atom stereocenters. The first-order valence-electron chi connectivity index (χ1n) is 14.0. The van der Waals surface area contributed by atoms with Crippen LogP contribution < -0.4 is 20.9 Å². The fourth-order valence-electron chi connectivity index (χ4n) is 5.25. The highest BCUT2D eigenvalue weighted by atomic mass is 35.5. The number of piperazine rings is 1. The number of methoxy groups -OCH3 is 1. The van der Waals surface area contributed by atoms with Gasteiger partial charge in [0.05, 0.1) is 30.3 Å². The van der Waals surface area contributed by atoms with Gasteiger partial charge in [-0.25, -0.2) is 4.79 Å². The monoisotopic (exact) mass is 608 g/mol. The molecule has 0 amide bonds. The van der Waals surface area contributed by atoms with Crippen LogP contribution in [0.25, 0.3) is 10.9 Å². The van der Waals surface area contributed by atoms with Crippen LogP contribution in [0.2, 0.25) is 0 Å². The summed E-state index contributed by atoms with van der Waals surface area (Å²) in [6.07, 6.45) is 3.80. The Kier molecular flexibility index (Phi) is 14.2. The molecule has 2 aromatic carbocycles. The van der Waals surface area contributed by atoms with E-state index in [0.717, 1.165) is 63.3 Å². The highest BCUT2D eigenvalue weighted by molar-refractivity contribution is 5.85. The molecule has 226 valence electrons. The summed E-state index contributed by atoms with van der Waals surface area (Å²) < 4.78 is 13.6. The minimum atomic E-state index is -0.252. The van der Waals surface area contributed by atoms with Crippen molar-refractivity contribution in [1.29, 1.82) is 0 Å². The van der Waals surface area contributed by atoms with Gasteiger partial charge in [0.1, 0.15) is 5.75 Å². The van der Waals surface area contributed by atoms with Gasteiger partial charge in [0.15, 0.2) is 0 Å². The van der Waals surface area contributed by atoms with Crippen LogP contribution in [0.5, 0.6) is 5.75 Å². The molecule has 11 heteroatoms. The number of hydrogen-bond donors (Lipinski definition) is 0. The van der Waals surface area contributed by atoms with Crippen molar-refractivity contribution in [2.75, 3.05) is 51.3 Å². The minimum Gasteiger partial charge on any atom is -0.495 e. The van der Waals surface area contributed by atoms with E-state index in [0.29, 0.717) is 43.6 Å². The summed E-state index contributed by atoms with van der Waals surface area (Å²) in [4.78, 5) is 42.9.